The van der Waals surface area contributed by atoms with Crippen LogP contribution in [0.15, 0.2) is 28.4 Å². The topological polar surface area (TPSA) is 168 Å². The van der Waals surface area contributed by atoms with E-state index in [-0.39, 0.29) is 23.6 Å². The van der Waals surface area contributed by atoms with Crippen molar-refractivity contribution < 1.29 is 33.5 Å². The summed E-state index contributed by atoms with van der Waals surface area (Å²) >= 11 is 0. The molecule has 0 saturated carbocycles. The highest BCUT2D eigenvalue weighted by Gasteiger charge is 2.13. The number of hydrogen-bond donors (Lipinski definition) is 1. The molecule has 0 aliphatic carbocycles. The molecule has 33 heavy (non-hydrogen) atoms. The number of benzene rings is 1. The van der Waals surface area contributed by atoms with Gasteiger partial charge in [0.15, 0.2) is 0 Å². The smallest absolute Gasteiger partial charge is 0.452 e. The summed E-state index contributed by atoms with van der Waals surface area (Å²) in [6.45, 7) is 11.2. The van der Waals surface area contributed by atoms with Crippen LogP contribution < -0.4 is 10.5 Å². The number of morpholine rings is 1. The highest BCUT2D eigenvalue weighted by Crippen LogP contribution is 2.26. The highest BCUT2D eigenvalue weighted by atomic mass is 16.6. The third-order valence-electron chi connectivity index (χ3n) is 3.86. The van der Waals surface area contributed by atoms with E-state index in [4.69, 9.17) is 15.2 Å². The van der Waals surface area contributed by atoms with Gasteiger partial charge in [-0.2, -0.15) is 0 Å². The Morgan fingerprint density at radius 1 is 1.12 bits per heavy atom. The van der Waals surface area contributed by atoms with E-state index in [0.717, 1.165) is 32.8 Å². The SMILES string of the molecule is CC(C)OC(=O)N=NC(=O)OC(C)C.Nc1ccc(OCCN2CCOCC2)cc1[N+](=O)[O-]. The van der Waals surface area contributed by atoms with Gasteiger partial charge in [0.05, 0.1) is 36.4 Å². The van der Waals surface area contributed by atoms with Crippen LogP contribution in [-0.4, -0.2) is 73.7 Å². The normalized spacial score (nSPS) is 14.0. The van der Waals surface area contributed by atoms with Gasteiger partial charge in [-0.25, -0.2) is 9.59 Å². The molecule has 13 nitrogen and oxygen atoms in total. The number of rotatable bonds is 7. The lowest BCUT2D eigenvalue weighted by atomic mass is 10.2. The summed E-state index contributed by atoms with van der Waals surface area (Å²) in [5.41, 5.74) is 5.54. The minimum Gasteiger partial charge on any atom is -0.492 e. The van der Waals surface area contributed by atoms with Crippen molar-refractivity contribution in [1.29, 1.82) is 0 Å². The molecule has 13 heteroatoms. The van der Waals surface area contributed by atoms with Crippen molar-refractivity contribution in [1.82, 2.24) is 4.90 Å². The number of carbonyl (C=O) groups excluding carboxylic acids is 2. The molecule has 1 fully saturated rings. The van der Waals surface area contributed by atoms with Crippen molar-refractivity contribution >= 4 is 23.6 Å². The fourth-order valence-electron chi connectivity index (χ4n) is 2.42. The summed E-state index contributed by atoms with van der Waals surface area (Å²) in [6, 6.07) is 4.48. The Kier molecular flexibility index (Phi) is 12.3. The summed E-state index contributed by atoms with van der Waals surface area (Å²) in [6.07, 6.45) is -2.38. The predicted octanol–water partition coefficient (Wildman–Crippen LogP) is 3.42. The molecule has 1 aromatic rings. The monoisotopic (exact) mass is 469 g/mol. The Hall–Kier alpha value is -3.32. The predicted molar refractivity (Wildman–Crippen MR) is 118 cm³/mol. The van der Waals surface area contributed by atoms with Crippen LogP contribution in [0.4, 0.5) is 21.0 Å². The zero-order chi connectivity index (χ0) is 24.8. The minimum absolute atomic E-state index is 0.121. The van der Waals surface area contributed by atoms with Gasteiger partial charge < -0.3 is 24.7 Å². The first-order chi connectivity index (χ1) is 15.6. The molecular weight excluding hydrogens is 438 g/mol. The maximum atomic E-state index is 10.8. The maximum Gasteiger partial charge on any atom is 0.452 e. The molecule has 2 N–H and O–H groups in total. The van der Waals surface area contributed by atoms with Crippen molar-refractivity contribution in [3.05, 3.63) is 28.3 Å². The molecule has 0 radical (unpaired) electrons. The summed E-state index contributed by atoms with van der Waals surface area (Å²) < 4.78 is 20.0. The Morgan fingerprint density at radius 3 is 2.15 bits per heavy atom. The number of amides is 2. The van der Waals surface area contributed by atoms with Gasteiger partial charge in [-0.1, -0.05) is 10.2 Å². The van der Waals surface area contributed by atoms with Crippen molar-refractivity contribution in [2.75, 3.05) is 45.2 Å². The van der Waals surface area contributed by atoms with Gasteiger partial charge in [0.1, 0.15) is 18.0 Å². The zero-order valence-electron chi connectivity index (χ0n) is 19.3. The van der Waals surface area contributed by atoms with Crippen LogP contribution in [0.3, 0.4) is 0 Å². The second-order valence-electron chi connectivity index (χ2n) is 7.35. The molecule has 1 saturated heterocycles. The molecule has 0 atom stereocenters. The van der Waals surface area contributed by atoms with Crippen LogP contribution in [0.2, 0.25) is 0 Å². The van der Waals surface area contributed by atoms with Gasteiger partial charge in [0.25, 0.3) is 5.69 Å². The van der Waals surface area contributed by atoms with Gasteiger partial charge in [-0.3, -0.25) is 15.0 Å². The van der Waals surface area contributed by atoms with Gasteiger partial charge >= 0.3 is 12.2 Å². The van der Waals surface area contributed by atoms with Gasteiger partial charge in [-0.05, 0) is 39.8 Å². The number of hydrogen-bond acceptors (Lipinski definition) is 10. The van der Waals surface area contributed by atoms with Crippen molar-refractivity contribution in [3.63, 3.8) is 0 Å². The number of nitrogen functional groups attached to an aromatic ring is 1. The quantitative estimate of drug-likeness (QED) is 0.270. The third kappa shape index (κ3) is 12.3. The van der Waals surface area contributed by atoms with Crippen LogP contribution in [0, 0.1) is 10.1 Å². The Morgan fingerprint density at radius 2 is 1.67 bits per heavy atom. The van der Waals surface area contributed by atoms with Crippen LogP contribution in [0.1, 0.15) is 27.7 Å². The molecule has 2 amide bonds. The molecule has 0 bridgehead atoms. The minimum atomic E-state index is -0.902. The summed E-state index contributed by atoms with van der Waals surface area (Å²) in [5, 5.41) is 16.8. The van der Waals surface area contributed by atoms with E-state index in [1.807, 2.05) is 0 Å². The van der Waals surface area contributed by atoms with E-state index in [2.05, 4.69) is 24.6 Å². The number of azo groups is 1. The largest absolute Gasteiger partial charge is 0.492 e. The number of nitro groups is 1. The first-order valence-corrected chi connectivity index (χ1v) is 10.4. The molecule has 0 aromatic heterocycles. The van der Waals surface area contributed by atoms with Gasteiger partial charge in [0.2, 0.25) is 0 Å². The molecule has 0 unspecified atom stereocenters. The number of ether oxygens (including phenoxy) is 4. The molecule has 1 aromatic carbocycles. The van der Waals surface area contributed by atoms with Crippen LogP contribution >= 0.6 is 0 Å². The third-order valence-corrected chi connectivity index (χ3v) is 3.86. The van der Waals surface area contributed by atoms with Crippen LogP contribution in [-0.2, 0) is 14.2 Å². The van der Waals surface area contributed by atoms with Crippen molar-refractivity contribution in [3.8, 4) is 5.75 Å². The van der Waals surface area contributed by atoms with E-state index < -0.39 is 17.1 Å². The molecular formula is C20H31N5O8. The average molecular weight is 469 g/mol. The molecule has 1 aliphatic heterocycles. The molecule has 0 spiro atoms. The van der Waals surface area contributed by atoms with Gasteiger partial charge in [0, 0.05) is 19.6 Å². The van der Waals surface area contributed by atoms with Crippen LogP contribution in [0.5, 0.6) is 5.75 Å². The zero-order valence-corrected chi connectivity index (χ0v) is 19.3. The van der Waals surface area contributed by atoms with Gasteiger partial charge in [-0.15, -0.1) is 0 Å². The first-order valence-electron chi connectivity index (χ1n) is 10.4. The lowest BCUT2D eigenvalue weighted by Crippen LogP contribution is -2.38. The van der Waals surface area contributed by atoms with E-state index in [1.54, 1.807) is 33.8 Å². The molecule has 1 aliphatic rings. The highest BCUT2D eigenvalue weighted by molar-refractivity contribution is 5.73. The Balaban J connectivity index is 0.000000349. The fraction of sp³-hybridized carbons (Fsp3) is 0.600. The van der Waals surface area contributed by atoms with E-state index >= 15 is 0 Å². The Bertz CT molecular complexity index is 786. The fourth-order valence-corrected chi connectivity index (χ4v) is 2.42. The van der Waals surface area contributed by atoms with E-state index in [9.17, 15) is 19.7 Å². The first kappa shape index (κ1) is 27.7. The van der Waals surface area contributed by atoms with E-state index in [1.165, 1.54) is 12.1 Å². The summed E-state index contributed by atoms with van der Waals surface area (Å²) in [7, 11) is 0. The molecule has 184 valence electrons. The number of nitro benzene ring substituents is 1. The Labute approximate surface area is 192 Å². The maximum absolute atomic E-state index is 10.8. The lowest BCUT2D eigenvalue weighted by molar-refractivity contribution is -0.384. The molecule has 1 heterocycles. The lowest BCUT2D eigenvalue weighted by Gasteiger charge is -2.26. The average Bonchev–Trinajstić information content (AvgIpc) is 2.73. The number of nitrogens with two attached hydrogens (primary N) is 1. The van der Waals surface area contributed by atoms with Crippen molar-refractivity contribution in [2.45, 2.75) is 39.9 Å². The number of nitrogens with zero attached hydrogens (tertiary/aromatic N) is 4. The molecule has 2 rings (SSSR count). The number of carbonyl (C=O) groups is 2. The summed E-state index contributed by atoms with van der Waals surface area (Å²) in [5.74, 6) is 0.467. The van der Waals surface area contributed by atoms with Crippen LogP contribution in [0.25, 0.3) is 0 Å². The number of anilines is 1. The second-order valence-corrected chi connectivity index (χ2v) is 7.35. The van der Waals surface area contributed by atoms with Crippen molar-refractivity contribution in [2.24, 2.45) is 10.2 Å². The second kappa shape index (κ2) is 14.7. The summed E-state index contributed by atoms with van der Waals surface area (Å²) in [4.78, 5) is 34.0. The van der Waals surface area contributed by atoms with E-state index in [0.29, 0.717) is 12.4 Å². The standard InChI is InChI=1S/C12H17N3O4.C8H14N2O4/c13-11-2-1-10(9-12(11)15(16)17)19-8-5-14-3-6-18-7-4-14;1-5(2)13-7(11)9-10-8(12)14-6(3)4/h1-2,9H,3-8,13H2;5-6H,1-4H3.